The van der Waals surface area contributed by atoms with E-state index in [0.717, 1.165) is 24.7 Å². The third-order valence-corrected chi connectivity index (χ3v) is 3.86. The topological polar surface area (TPSA) is 58.2 Å². The lowest BCUT2D eigenvalue weighted by molar-refractivity contribution is -0.131. The Morgan fingerprint density at radius 2 is 1.67 bits per heavy atom. The van der Waals surface area contributed by atoms with Gasteiger partial charge >= 0.3 is 0 Å². The average Bonchev–Trinajstić information content (AvgIpc) is 2.83. The van der Waals surface area contributed by atoms with Gasteiger partial charge in [0.15, 0.2) is 0 Å². The lowest BCUT2D eigenvalue weighted by Gasteiger charge is -2.24. The van der Waals surface area contributed by atoms with E-state index in [1.165, 1.54) is 6.42 Å². The molecule has 0 spiro atoms. The first-order valence-corrected chi connectivity index (χ1v) is 6.88. The zero-order valence-electron chi connectivity index (χ0n) is 11.7. The van der Waals surface area contributed by atoms with Crippen molar-refractivity contribution in [2.45, 2.75) is 58.5 Å². The first-order valence-electron chi connectivity index (χ1n) is 6.88. The number of amides is 2. The minimum Gasteiger partial charge on any atom is -0.350 e. The predicted molar refractivity (Wildman–Crippen MR) is 69.8 cm³/mol. The highest BCUT2D eigenvalue weighted by Crippen LogP contribution is 2.54. The predicted octanol–water partition coefficient (Wildman–Crippen LogP) is 1.45. The molecule has 18 heavy (non-hydrogen) atoms. The van der Waals surface area contributed by atoms with Crippen LogP contribution in [-0.4, -0.2) is 23.4 Å². The molecule has 0 radical (unpaired) electrons. The van der Waals surface area contributed by atoms with E-state index in [9.17, 15) is 9.59 Å². The second-order valence-electron chi connectivity index (χ2n) is 6.89. The van der Waals surface area contributed by atoms with E-state index in [1.54, 1.807) is 6.92 Å². The van der Waals surface area contributed by atoms with Gasteiger partial charge in [-0.05, 0) is 58.8 Å². The highest BCUT2D eigenvalue weighted by Gasteiger charge is 2.48. The number of rotatable bonds is 3. The van der Waals surface area contributed by atoms with Crippen LogP contribution in [-0.2, 0) is 9.59 Å². The summed E-state index contributed by atoms with van der Waals surface area (Å²) in [4.78, 5) is 23.9. The molecule has 2 amide bonds. The molecule has 2 fully saturated rings. The zero-order chi connectivity index (χ0) is 13.5. The molecule has 4 nitrogen and oxygen atoms in total. The number of hydrogen-bond donors (Lipinski definition) is 2. The van der Waals surface area contributed by atoms with Gasteiger partial charge in [-0.25, -0.2) is 0 Å². The van der Waals surface area contributed by atoms with Gasteiger partial charge in [0.25, 0.3) is 0 Å². The van der Waals surface area contributed by atoms with Gasteiger partial charge in [0.2, 0.25) is 11.8 Å². The van der Waals surface area contributed by atoms with E-state index >= 15 is 0 Å². The molecule has 3 unspecified atom stereocenters. The third kappa shape index (κ3) is 3.24. The van der Waals surface area contributed by atoms with Crippen molar-refractivity contribution in [3.8, 4) is 0 Å². The minimum atomic E-state index is -0.450. The molecular formula is C14H24N2O2. The van der Waals surface area contributed by atoms with E-state index in [2.05, 4.69) is 10.6 Å². The maximum absolute atomic E-state index is 12.0. The maximum atomic E-state index is 12.0. The number of nitrogens with one attached hydrogen (secondary N) is 2. The Balaban J connectivity index is 1.77. The SMILES string of the molecule is CC(NC(=O)C1CC2CC2C1)C(=O)NC(C)(C)C. The van der Waals surface area contributed by atoms with Crippen LogP contribution in [0.3, 0.4) is 0 Å². The molecule has 2 rings (SSSR count). The van der Waals surface area contributed by atoms with Crippen LogP contribution in [0.5, 0.6) is 0 Å². The highest BCUT2D eigenvalue weighted by atomic mass is 16.2. The van der Waals surface area contributed by atoms with Crippen LogP contribution in [0.25, 0.3) is 0 Å². The van der Waals surface area contributed by atoms with Gasteiger partial charge < -0.3 is 10.6 Å². The van der Waals surface area contributed by atoms with Crippen molar-refractivity contribution in [3.63, 3.8) is 0 Å². The lowest BCUT2D eigenvalue weighted by Crippen LogP contribution is -2.51. The van der Waals surface area contributed by atoms with Gasteiger partial charge in [-0.3, -0.25) is 9.59 Å². The van der Waals surface area contributed by atoms with E-state index in [1.807, 2.05) is 20.8 Å². The van der Waals surface area contributed by atoms with Crippen LogP contribution < -0.4 is 10.6 Å². The second kappa shape index (κ2) is 4.56. The summed E-state index contributed by atoms with van der Waals surface area (Å²) in [7, 11) is 0. The van der Waals surface area contributed by atoms with Crippen LogP contribution >= 0.6 is 0 Å². The van der Waals surface area contributed by atoms with Gasteiger partial charge in [0.1, 0.15) is 6.04 Å². The second-order valence-corrected chi connectivity index (χ2v) is 6.89. The highest BCUT2D eigenvalue weighted by molar-refractivity contribution is 5.88. The van der Waals surface area contributed by atoms with Crippen molar-refractivity contribution in [2.75, 3.05) is 0 Å². The number of fused-ring (bicyclic) bond motifs is 1. The lowest BCUT2D eigenvalue weighted by atomic mass is 10.0. The summed E-state index contributed by atoms with van der Waals surface area (Å²) < 4.78 is 0. The number of carbonyl (C=O) groups excluding carboxylic acids is 2. The van der Waals surface area contributed by atoms with E-state index in [4.69, 9.17) is 0 Å². The molecule has 0 saturated heterocycles. The summed E-state index contributed by atoms with van der Waals surface area (Å²) in [5.74, 6) is 1.66. The first-order chi connectivity index (χ1) is 8.26. The Morgan fingerprint density at radius 1 is 1.11 bits per heavy atom. The Hall–Kier alpha value is -1.06. The smallest absolute Gasteiger partial charge is 0.242 e. The summed E-state index contributed by atoms with van der Waals surface area (Å²) in [5.41, 5.74) is -0.259. The fraction of sp³-hybridized carbons (Fsp3) is 0.857. The largest absolute Gasteiger partial charge is 0.350 e. The fourth-order valence-corrected chi connectivity index (χ4v) is 2.80. The van der Waals surface area contributed by atoms with Crippen molar-refractivity contribution >= 4 is 11.8 Å². The van der Waals surface area contributed by atoms with Crippen molar-refractivity contribution in [2.24, 2.45) is 17.8 Å². The third-order valence-electron chi connectivity index (χ3n) is 3.86. The average molecular weight is 252 g/mol. The van der Waals surface area contributed by atoms with Gasteiger partial charge in [-0.15, -0.1) is 0 Å². The van der Waals surface area contributed by atoms with Gasteiger partial charge in [0, 0.05) is 11.5 Å². The van der Waals surface area contributed by atoms with Gasteiger partial charge in [-0.2, -0.15) is 0 Å². The molecule has 4 heteroatoms. The number of hydrogen-bond acceptors (Lipinski definition) is 2. The Bertz CT molecular complexity index is 349. The summed E-state index contributed by atoms with van der Waals surface area (Å²) in [6.07, 6.45) is 3.35. The molecule has 0 aromatic rings. The van der Waals surface area contributed by atoms with Crippen LogP contribution in [0.15, 0.2) is 0 Å². The molecule has 0 aromatic carbocycles. The van der Waals surface area contributed by atoms with E-state index in [-0.39, 0.29) is 23.3 Å². The summed E-state index contributed by atoms with van der Waals surface area (Å²) in [6.45, 7) is 7.55. The van der Waals surface area contributed by atoms with Crippen LogP contribution in [0.2, 0.25) is 0 Å². The van der Waals surface area contributed by atoms with Crippen LogP contribution in [0.4, 0.5) is 0 Å². The van der Waals surface area contributed by atoms with Crippen molar-refractivity contribution in [3.05, 3.63) is 0 Å². The molecule has 0 bridgehead atoms. The first kappa shape index (κ1) is 13.4. The molecule has 2 N–H and O–H groups in total. The minimum absolute atomic E-state index is 0.0544. The fourth-order valence-electron chi connectivity index (χ4n) is 2.80. The summed E-state index contributed by atoms with van der Waals surface area (Å²) >= 11 is 0. The molecule has 102 valence electrons. The van der Waals surface area contributed by atoms with Crippen LogP contribution in [0, 0.1) is 17.8 Å². The molecule has 3 atom stereocenters. The molecular weight excluding hydrogens is 228 g/mol. The zero-order valence-corrected chi connectivity index (χ0v) is 11.7. The normalized spacial score (nSPS) is 31.4. The maximum Gasteiger partial charge on any atom is 0.242 e. The van der Waals surface area contributed by atoms with Gasteiger partial charge in [-0.1, -0.05) is 0 Å². The molecule has 2 aliphatic rings. The summed E-state index contributed by atoms with van der Waals surface area (Å²) in [5, 5.41) is 5.71. The van der Waals surface area contributed by atoms with E-state index < -0.39 is 6.04 Å². The Labute approximate surface area is 109 Å². The number of carbonyl (C=O) groups is 2. The Morgan fingerprint density at radius 3 is 2.17 bits per heavy atom. The quantitative estimate of drug-likeness (QED) is 0.798. The molecule has 0 heterocycles. The monoisotopic (exact) mass is 252 g/mol. The van der Waals surface area contributed by atoms with Crippen LogP contribution in [0.1, 0.15) is 47.0 Å². The molecule has 0 aromatic heterocycles. The van der Waals surface area contributed by atoms with E-state index in [0.29, 0.717) is 0 Å². The molecule has 2 saturated carbocycles. The standard InChI is InChI=1S/C14H24N2O2/c1-8(12(17)16-14(2,3)4)15-13(18)11-6-9-5-10(9)7-11/h8-11H,5-7H2,1-4H3,(H,15,18)(H,16,17). The molecule has 0 aliphatic heterocycles. The van der Waals surface area contributed by atoms with Crippen molar-refractivity contribution in [1.29, 1.82) is 0 Å². The van der Waals surface area contributed by atoms with Gasteiger partial charge in [0.05, 0.1) is 0 Å². The summed E-state index contributed by atoms with van der Waals surface area (Å²) in [6, 6.07) is -0.450. The molecule has 2 aliphatic carbocycles. The van der Waals surface area contributed by atoms with Crippen molar-refractivity contribution < 1.29 is 9.59 Å². The van der Waals surface area contributed by atoms with Crippen molar-refractivity contribution in [1.82, 2.24) is 10.6 Å². The Kier molecular flexibility index (Phi) is 3.39.